The molecule has 0 aliphatic carbocycles. The molecule has 2 aromatic carbocycles. The molecule has 2 aromatic rings. The van der Waals surface area contributed by atoms with E-state index in [0.717, 1.165) is 11.6 Å². The topological polar surface area (TPSA) is 26.0 Å². The predicted molar refractivity (Wildman–Crippen MR) is 68.3 cm³/mol. The fourth-order valence-corrected chi connectivity index (χ4v) is 1.55. The minimum absolute atomic E-state index is 0.283. The van der Waals surface area contributed by atoms with Crippen molar-refractivity contribution < 1.29 is 13.2 Å². The minimum atomic E-state index is -4.46. The summed E-state index contributed by atoms with van der Waals surface area (Å²) in [5, 5.41) is 0. The van der Waals surface area contributed by atoms with Crippen LogP contribution in [0.15, 0.2) is 48.5 Å². The van der Waals surface area contributed by atoms with E-state index in [1.54, 1.807) is 12.1 Å². The molecule has 0 amide bonds. The van der Waals surface area contributed by atoms with Crippen LogP contribution in [-0.4, -0.2) is 0 Å². The number of hydrogen-bond acceptors (Lipinski definition) is 1. The maximum atomic E-state index is 12.7. The number of rotatable bonds is 0. The van der Waals surface area contributed by atoms with Crippen molar-refractivity contribution in [2.24, 2.45) is 0 Å². The van der Waals surface area contributed by atoms with Gasteiger partial charge < -0.3 is 5.73 Å². The van der Waals surface area contributed by atoms with Gasteiger partial charge >= 0.3 is 6.18 Å². The molecule has 2 N–H and O–H groups in total. The highest BCUT2D eigenvalue weighted by atomic mass is 19.4. The van der Waals surface area contributed by atoms with Crippen molar-refractivity contribution in [3.63, 3.8) is 0 Å². The summed E-state index contributed by atoms with van der Waals surface area (Å²) >= 11 is 0. The van der Waals surface area contributed by atoms with E-state index < -0.39 is 11.7 Å². The van der Waals surface area contributed by atoms with Crippen LogP contribution in [0.25, 0.3) is 0 Å². The molecule has 0 fully saturated rings. The molecule has 19 heavy (non-hydrogen) atoms. The van der Waals surface area contributed by atoms with Gasteiger partial charge in [0, 0.05) is 16.8 Å². The van der Waals surface area contributed by atoms with Crippen molar-refractivity contribution in [2.45, 2.75) is 6.18 Å². The van der Waals surface area contributed by atoms with E-state index in [4.69, 9.17) is 5.73 Å². The molecule has 96 valence electrons. The van der Waals surface area contributed by atoms with Gasteiger partial charge in [0.05, 0.1) is 5.56 Å². The van der Waals surface area contributed by atoms with Crippen LogP contribution in [0.4, 0.5) is 18.9 Å². The summed E-state index contributed by atoms with van der Waals surface area (Å²) in [6, 6.07) is 12.7. The standard InChI is InChI=1S/C15H10F3N/c16-15(17,18)13-10-12(8-9-14(13)19)7-6-11-4-2-1-3-5-11/h1-5,8-10H,19H2. The van der Waals surface area contributed by atoms with E-state index in [-0.39, 0.29) is 11.3 Å². The molecule has 0 saturated heterocycles. The number of halogens is 3. The Morgan fingerprint density at radius 3 is 2.11 bits per heavy atom. The molecule has 0 radical (unpaired) electrons. The Balaban J connectivity index is 2.36. The van der Waals surface area contributed by atoms with Gasteiger partial charge in [0.25, 0.3) is 0 Å². The fraction of sp³-hybridized carbons (Fsp3) is 0.0667. The minimum Gasteiger partial charge on any atom is -0.398 e. The van der Waals surface area contributed by atoms with Gasteiger partial charge in [-0.25, -0.2) is 0 Å². The lowest BCUT2D eigenvalue weighted by molar-refractivity contribution is -0.136. The van der Waals surface area contributed by atoms with E-state index in [1.165, 1.54) is 12.1 Å². The second kappa shape index (κ2) is 5.07. The van der Waals surface area contributed by atoms with Crippen LogP contribution in [0.1, 0.15) is 16.7 Å². The first kappa shape index (κ1) is 13.0. The summed E-state index contributed by atoms with van der Waals surface area (Å²) in [5.74, 6) is 5.50. The first-order chi connectivity index (χ1) is 8.97. The molecular formula is C15H10F3N. The second-order valence-corrected chi connectivity index (χ2v) is 3.92. The normalized spacial score (nSPS) is 10.7. The van der Waals surface area contributed by atoms with Crippen LogP contribution < -0.4 is 5.73 Å². The van der Waals surface area contributed by atoms with Crippen molar-refractivity contribution in [1.29, 1.82) is 0 Å². The monoisotopic (exact) mass is 261 g/mol. The van der Waals surface area contributed by atoms with Gasteiger partial charge in [-0.3, -0.25) is 0 Å². The van der Waals surface area contributed by atoms with Crippen molar-refractivity contribution in [3.8, 4) is 11.8 Å². The third-order valence-electron chi connectivity index (χ3n) is 2.48. The summed E-state index contributed by atoms with van der Waals surface area (Å²) in [4.78, 5) is 0. The quantitative estimate of drug-likeness (QED) is 0.568. The number of benzene rings is 2. The smallest absolute Gasteiger partial charge is 0.398 e. The average Bonchev–Trinajstić information content (AvgIpc) is 2.37. The molecule has 0 bridgehead atoms. The van der Waals surface area contributed by atoms with Crippen molar-refractivity contribution >= 4 is 5.69 Å². The highest BCUT2D eigenvalue weighted by Crippen LogP contribution is 2.33. The second-order valence-electron chi connectivity index (χ2n) is 3.92. The lowest BCUT2D eigenvalue weighted by Gasteiger charge is -2.09. The Bertz CT molecular complexity index is 634. The summed E-state index contributed by atoms with van der Waals surface area (Å²) in [6.07, 6.45) is -4.46. The lowest BCUT2D eigenvalue weighted by atomic mass is 10.1. The zero-order valence-corrected chi connectivity index (χ0v) is 9.83. The molecule has 4 heteroatoms. The number of alkyl halides is 3. The molecule has 0 unspecified atom stereocenters. The molecular weight excluding hydrogens is 251 g/mol. The maximum Gasteiger partial charge on any atom is 0.418 e. The van der Waals surface area contributed by atoms with E-state index in [2.05, 4.69) is 11.8 Å². The molecule has 0 spiro atoms. The number of nitrogen functional groups attached to an aromatic ring is 1. The molecule has 0 heterocycles. The summed E-state index contributed by atoms with van der Waals surface area (Å²) in [6.45, 7) is 0. The molecule has 0 aliphatic heterocycles. The average molecular weight is 261 g/mol. The molecule has 1 nitrogen and oxygen atoms in total. The van der Waals surface area contributed by atoms with Crippen molar-refractivity contribution in [3.05, 3.63) is 65.2 Å². The Hall–Kier alpha value is -2.41. The number of hydrogen-bond donors (Lipinski definition) is 1. The Morgan fingerprint density at radius 1 is 0.842 bits per heavy atom. The Labute approximate surface area is 108 Å². The van der Waals surface area contributed by atoms with Gasteiger partial charge in [0.1, 0.15) is 0 Å². The first-order valence-corrected chi connectivity index (χ1v) is 5.50. The van der Waals surface area contributed by atoms with Crippen LogP contribution >= 0.6 is 0 Å². The summed E-state index contributed by atoms with van der Waals surface area (Å²) in [7, 11) is 0. The van der Waals surface area contributed by atoms with Gasteiger partial charge in [0.15, 0.2) is 0 Å². The van der Waals surface area contributed by atoms with Gasteiger partial charge in [-0.2, -0.15) is 13.2 Å². The number of nitrogens with two attached hydrogens (primary N) is 1. The largest absolute Gasteiger partial charge is 0.418 e. The summed E-state index contributed by atoms with van der Waals surface area (Å²) < 4.78 is 38.0. The van der Waals surface area contributed by atoms with Crippen LogP contribution in [0.2, 0.25) is 0 Å². The van der Waals surface area contributed by atoms with E-state index >= 15 is 0 Å². The lowest BCUT2D eigenvalue weighted by Crippen LogP contribution is -2.09. The third kappa shape index (κ3) is 3.29. The van der Waals surface area contributed by atoms with Crippen LogP contribution in [0.3, 0.4) is 0 Å². The van der Waals surface area contributed by atoms with E-state index in [9.17, 15) is 13.2 Å². The van der Waals surface area contributed by atoms with Crippen LogP contribution in [0, 0.1) is 11.8 Å². The molecule has 0 atom stereocenters. The molecule has 0 aromatic heterocycles. The van der Waals surface area contributed by atoms with E-state index in [1.807, 2.05) is 18.2 Å². The zero-order chi connectivity index (χ0) is 13.9. The Morgan fingerprint density at radius 2 is 1.47 bits per heavy atom. The predicted octanol–water partition coefficient (Wildman–Crippen LogP) is 3.69. The van der Waals surface area contributed by atoms with Gasteiger partial charge in [-0.05, 0) is 30.3 Å². The molecule has 0 saturated carbocycles. The van der Waals surface area contributed by atoms with Gasteiger partial charge in [-0.15, -0.1) is 0 Å². The molecule has 0 aliphatic rings. The summed E-state index contributed by atoms with van der Waals surface area (Å²) in [5.41, 5.74) is 5.19. The van der Waals surface area contributed by atoms with Gasteiger partial charge in [-0.1, -0.05) is 30.0 Å². The van der Waals surface area contributed by atoms with Crippen LogP contribution in [-0.2, 0) is 6.18 Å². The van der Waals surface area contributed by atoms with Crippen molar-refractivity contribution in [2.75, 3.05) is 5.73 Å². The first-order valence-electron chi connectivity index (χ1n) is 5.50. The maximum absolute atomic E-state index is 12.7. The Kier molecular flexibility index (Phi) is 3.48. The van der Waals surface area contributed by atoms with Gasteiger partial charge in [0.2, 0.25) is 0 Å². The van der Waals surface area contributed by atoms with Crippen LogP contribution in [0.5, 0.6) is 0 Å². The highest BCUT2D eigenvalue weighted by molar-refractivity contribution is 5.54. The third-order valence-corrected chi connectivity index (χ3v) is 2.48. The number of anilines is 1. The van der Waals surface area contributed by atoms with E-state index in [0.29, 0.717) is 0 Å². The fourth-order valence-electron chi connectivity index (χ4n) is 1.55. The molecule has 2 rings (SSSR count). The van der Waals surface area contributed by atoms with Crippen molar-refractivity contribution in [1.82, 2.24) is 0 Å². The SMILES string of the molecule is Nc1ccc(C#Cc2ccccc2)cc1C(F)(F)F. The highest BCUT2D eigenvalue weighted by Gasteiger charge is 2.32. The zero-order valence-electron chi connectivity index (χ0n) is 9.83.